The lowest BCUT2D eigenvalue weighted by molar-refractivity contribution is -0.137. The van der Waals surface area contributed by atoms with E-state index in [0.29, 0.717) is 12.2 Å². The molecule has 0 unspecified atom stereocenters. The van der Waals surface area contributed by atoms with Gasteiger partial charge in [0.15, 0.2) is 0 Å². The average Bonchev–Trinajstić information content (AvgIpc) is 2.81. The number of aliphatic carboxylic acids is 1. The fourth-order valence-corrected chi connectivity index (χ4v) is 2.01. The molecule has 0 bridgehead atoms. The van der Waals surface area contributed by atoms with Gasteiger partial charge in [0.25, 0.3) is 5.91 Å². The number of aromatic nitrogens is 2. The first kappa shape index (κ1) is 16.2. The maximum Gasteiger partial charge on any atom is 0.305 e. The van der Waals surface area contributed by atoms with E-state index in [1.807, 2.05) is 27.7 Å². The lowest BCUT2D eigenvalue weighted by atomic mass is 10.2. The van der Waals surface area contributed by atoms with Gasteiger partial charge in [0.1, 0.15) is 5.69 Å². The highest BCUT2D eigenvalue weighted by atomic mass is 16.4. The number of carboxylic acid groups (broad SMARTS) is 1. The smallest absolute Gasteiger partial charge is 0.305 e. The van der Waals surface area contributed by atoms with Crippen LogP contribution in [0.1, 0.15) is 50.3 Å². The van der Waals surface area contributed by atoms with Crippen LogP contribution in [0.5, 0.6) is 0 Å². The van der Waals surface area contributed by atoms with Crippen molar-refractivity contribution >= 4 is 11.9 Å². The zero-order valence-corrected chi connectivity index (χ0v) is 12.6. The highest BCUT2D eigenvalue weighted by Gasteiger charge is 2.23. The Bertz CT molecular complexity index is 480. The Morgan fingerprint density at radius 1 is 1.40 bits per heavy atom. The van der Waals surface area contributed by atoms with Crippen LogP contribution in [-0.2, 0) is 17.8 Å². The van der Waals surface area contributed by atoms with Crippen LogP contribution in [-0.4, -0.2) is 44.3 Å². The third kappa shape index (κ3) is 3.82. The monoisotopic (exact) mass is 281 g/mol. The molecule has 0 spiro atoms. The normalized spacial score (nSPS) is 10.8. The molecule has 0 aliphatic rings. The third-order valence-electron chi connectivity index (χ3n) is 3.16. The van der Waals surface area contributed by atoms with Crippen molar-refractivity contribution in [3.05, 3.63) is 17.5 Å². The molecule has 1 aromatic heterocycles. The Morgan fingerprint density at radius 2 is 2.05 bits per heavy atom. The number of nitrogens with zero attached hydrogens (tertiary/aromatic N) is 3. The largest absolute Gasteiger partial charge is 0.481 e. The van der Waals surface area contributed by atoms with E-state index in [-0.39, 0.29) is 24.9 Å². The van der Waals surface area contributed by atoms with Crippen molar-refractivity contribution in [2.24, 2.45) is 0 Å². The summed E-state index contributed by atoms with van der Waals surface area (Å²) >= 11 is 0. The average molecular weight is 281 g/mol. The van der Waals surface area contributed by atoms with Gasteiger partial charge < -0.3 is 10.0 Å². The first-order valence-electron chi connectivity index (χ1n) is 7.00. The standard InChI is InChI=1S/C14H23N3O3/c1-5-11-9-12(17(6-2)15-11)14(20)16(10(3)4)8-7-13(18)19/h9-10H,5-8H2,1-4H3,(H,18,19). The van der Waals surface area contributed by atoms with Gasteiger partial charge in [0.05, 0.1) is 12.1 Å². The fraction of sp³-hybridized carbons (Fsp3) is 0.643. The van der Waals surface area contributed by atoms with Crippen molar-refractivity contribution < 1.29 is 14.7 Å². The molecule has 1 aromatic rings. The molecule has 1 heterocycles. The van der Waals surface area contributed by atoms with E-state index < -0.39 is 5.97 Å². The van der Waals surface area contributed by atoms with Gasteiger partial charge in [0, 0.05) is 19.1 Å². The lowest BCUT2D eigenvalue weighted by Crippen LogP contribution is -2.39. The summed E-state index contributed by atoms with van der Waals surface area (Å²) in [4.78, 5) is 24.9. The minimum absolute atomic E-state index is 0.0490. The number of carboxylic acids is 1. The van der Waals surface area contributed by atoms with Crippen LogP contribution >= 0.6 is 0 Å². The van der Waals surface area contributed by atoms with Crippen LogP contribution in [0.4, 0.5) is 0 Å². The summed E-state index contributed by atoms with van der Waals surface area (Å²) in [6.07, 6.45) is 0.717. The number of aryl methyl sites for hydroxylation is 2. The third-order valence-corrected chi connectivity index (χ3v) is 3.16. The van der Waals surface area contributed by atoms with Gasteiger partial charge in [-0.3, -0.25) is 14.3 Å². The van der Waals surface area contributed by atoms with Crippen molar-refractivity contribution in [2.45, 2.75) is 53.1 Å². The van der Waals surface area contributed by atoms with E-state index in [1.165, 1.54) is 0 Å². The summed E-state index contributed by atoms with van der Waals surface area (Å²) in [6, 6.07) is 1.74. The van der Waals surface area contributed by atoms with E-state index >= 15 is 0 Å². The van der Waals surface area contributed by atoms with E-state index in [4.69, 9.17) is 5.11 Å². The van der Waals surface area contributed by atoms with Gasteiger partial charge in [-0.05, 0) is 33.3 Å². The van der Waals surface area contributed by atoms with Gasteiger partial charge in [-0.1, -0.05) is 6.92 Å². The van der Waals surface area contributed by atoms with Gasteiger partial charge in [-0.2, -0.15) is 5.10 Å². The molecular formula is C14H23N3O3. The van der Waals surface area contributed by atoms with Gasteiger partial charge >= 0.3 is 5.97 Å². The van der Waals surface area contributed by atoms with Crippen LogP contribution in [0, 0.1) is 0 Å². The number of carbonyl (C=O) groups excluding carboxylic acids is 1. The fourth-order valence-electron chi connectivity index (χ4n) is 2.01. The zero-order valence-electron chi connectivity index (χ0n) is 12.6. The van der Waals surface area contributed by atoms with Crippen molar-refractivity contribution in [1.29, 1.82) is 0 Å². The van der Waals surface area contributed by atoms with Gasteiger partial charge in [-0.25, -0.2) is 0 Å². The molecule has 0 saturated carbocycles. The highest BCUT2D eigenvalue weighted by molar-refractivity contribution is 5.93. The SMILES string of the molecule is CCc1cc(C(=O)N(CCC(=O)O)C(C)C)n(CC)n1. The van der Waals surface area contributed by atoms with Crippen molar-refractivity contribution in [3.63, 3.8) is 0 Å². The Kier molecular flexibility index (Phi) is 5.73. The number of hydrogen-bond acceptors (Lipinski definition) is 3. The molecule has 0 aliphatic carbocycles. The van der Waals surface area contributed by atoms with Crippen LogP contribution in [0.2, 0.25) is 0 Å². The lowest BCUT2D eigenvalue weighted by Gasteiger charge is -2.26. The molecule has 1 N–H and O–H groups in total. The number of carbonyl (C=O) groups is 2. The van der Waals surface area contributed by atoms with E-state index in [1.54, 1.807) is 15.6 Å². The van der Waals surface area contributed by atoms with Crippen LogP contribution in [0.15, 0.2) is 6.07 Å². The second-order valence-electron chi connectivity index (χ2n) is 4.93. The molecule has 0 aliphatic heterocycles. The molecule has 6 nitrogen and oxygen atoms in total. The quantitative estimate of drug-likeness (QED) is 0.826. The topological polar surface area (TPSA) is 75.4 Å². The molecule has 0 aromatic carbocycles. The van der Waals surface area contributed by atoms with Crippen molar-refractivity contribution in [1.82, 2.24) is 14.7 Å². The van der Waals surface area contributed by atoms with Gasteiger partial charge in [-0.15, -0.1) is 0 Å². The molecule has 0 fully saturated rings. The zero-order chi connectivity index (χ0) is 15.3. The molecule has 0 atom stereocenters. The first-order chi connectivity index (χ1) is 9.40. The summed E-state index contributed by atoms with van der Waals surface area (Å²) < 4.78 is 1.68. The van der Waals surface area contributed by atoms with Crippen molar-refractivity contribution in [3.8, 4) is 0 Å². The second-order valence-corrected chi connectivity index (χ2v) is 4.93. The van der Waals surface area contributed by atoms with Crippen molar-refractivity contribution in [2.75, 3.05) is 6.54 Å². The summed E-state index contributed by atoms with van der Waals surface area (Å²) in [5, 5.41) is 13.1. The predicted molar refractivity (Wildman–Crippen MR) is 75.7 cm³/mol. The number of hydrogen-bond donors (Lipinski definition) is 1. The Balaban J connectivity index is 2.99. The molecule has 1 rings (SSSR count). The maximum absolute atomic E-state index is 12.6. The summed E-state index contributed by atoms with van der Waals surface area (Å²) in [6.45, 7) is 8.51. The van der Waals surface area contributed by atoms with Crippen LogP contribution in [0.25, 0.3) is 0 Å². The molecule has 1 amide bonds. The van der Waals surface area contributed by atoms with Gasteiger partial charge in [0.2, 0.25) is 0 Å². The summed E-state index contributed by atoms with van der Waals surface area (Å²) in [5.74, 6) is -1.06. The van der Waals surface area contributed by atoms with E-state index in [9.17, 15) is 9.59 Å². The highest BCUT2D eigenvalue weighted by Crippen LogP contribution is 2.12. The van der Waals surface area contributed by atoms with E-state index in [2.05, 4.69) is 5.10 Å². The molecule has 0 saturated heterocycles. The summed E-state index contributed by atoms with van der Waals surface area (Å²) in [7, 11) is 0. The molecule has 0 radical (unpaired) electrons. The number of amides is 1. The maximum atomic E-state index is 12.6. The van der Waals surface area contributed by atoms with E-state index in [0.717, 1.165) is 12.1 Å². The van der Waals surface area contributed by atoms with Crippen LogP contribution < -0.4 is 0 Å². The van der Waals surface area contributed by atoms with Crippen LogP contribution in [0.3, 0.4) is 0 Å². The molecule has 112 valence electrons. The number of rotatable bonds is 7. The second kappa shape index (κ2) is 7.07. The summed E-state index contributed by atoms with van der Waals surface area (Å²) in [5.41, 5.74) is 1.40. The Labute approximate surface area is 119 Å². The Hall–Kier alpha value is -1.85. The minimum atomic E-state index is -0.901. The predicted octanol–water partition coefficient (Wildman–Crippen LogP) is 1.79. The Morgan fingerprint density at radius 3 is 2.50 bits per heavy atom. The first-order valence-corrected chi connectivity index (χ1v) is 7.00. The minimum Gasteiger partial charge on any atom is -0.481 e. The molecule has 6 heteroatoms. The molecule has 20 heavy (non-hydrogen) atoms. The molecular weight excluding hydrogens is 258 g/mol.